The molecule has 4 N–H and O–H groups in total. The lowest BCUT2D eigenvalue weighted by atomic mass is 10.1. The van der Waals surface area contributed by atoms with Gasteiger partial charge >= 0.3 is 6.18 Å². The first-order valence-corrected chi connectivity index (χ1v) is 15.9. The molecule has 0 saturated carbocycles. The van der Waals surface area contributed by atoms with Crippen molar-refractivity contribution in [3.05, 3.63) is 147 Å². The van der Waals surface area contributed by atoms with E-state index in [1.807, 2.05) is 64.1 Å². The first-order chi connectivity index (χ1) is 25.1. The number of carbonyl (C=O) groups excluding carboxylic acids is 2. The molecule has 11 nitrogen and oxygen atoms in total. The largest absolute Gasteiger partial charge is 0.433 e. The number of benzene rings is 1. The molecular formula is C39H32F3N9O2. The van der Waals surface area contributed by atoms with Gasteiger partial charge in [-0.3, -0.25) is 33.7 Å². The van der Waals surface area contributed by atoms with Gasteiger partial charge in [-0.15, -0.1) is 0 Å². The van der Waals surface area contributed by atoms with Crippen LogP contribution in [0.2, 0.25) is 0 Å². The number of alkyl halides is 3. The van der Waals surface area contributed by atoms with Gasteiger partial charge in [-0.1, -0.05) is 24.0 Å². The van der Waals surface area contributed by atoms with Crippen molar-refractivity contribution in [3.8, 4) is 35.1 Å². The molecule has 0 unspecified atom stereocenters. The Labute approximate surface area is 303 Å². The third kappa shape index (κ3) is 8.82. The number of hydrogen-bond acceptors (Lipinski definition) is 7. The van der Waals surface area contributed by atoms with Crippen LogP contribution in [0.4, 0.5) is 13.2 Å². The Bertz CT molecular complexity index is 2460. The Morgan fingerprint density at radius 1 is 0.642 bits per heavy atom. The average molecular weight is 716 g/mol. The predicted octanol–water partition coefficient (Wildman–Crippen LogP) is 5.49. The minimum absolute atomic E-state index is 0.0434. The number of aromatic nitrogens is 7. The SMILES string of the molecule is Cc1ccc(-n2c(C(N)=O)nc(C#Cc3ccnc(C(F)(F)F)c3)c2C)cn1.Cc1cccc(C#Cc2nc(C(N)=O)n(-c3ccc(C)nc3)c2C)c1. The molecule has 53 heavy (non-hydrogen) atoms. The molecule has 2 amide bonds. The predicted molar refractivity (Wildman–Crippen MR) is 191 cm³/mol. The first kappa shape index (κ1) is 37.2. The van der Waals surface area contributed by atoms with Crippen molar-refractivity contribution in [1.82, 2.24) is 34.1 Å². The van der Waals surface area contributed by atoms with Crippen LogP contribution in [0.5, 0.6) is 0 Å². The van der Waals surface area contributed by atoms with Crippen molar-refractivity contribution in [3.63, 3.8) is 0 Å². The van der Waals surface area contributed by atoms with Crippen LogP contribution in [0.3, 0.4) is 0 Å². The van der Waals surface area contributed by atoms with Gasteiger partial charge in [0.05, 0.1) is 35.2 Å². The zero-order chi connectivity index (χ0) is 38.4. The molecule has 6 aromatic rings. The van der Waals surface area contributed by atoms with Crippen LogP contribution in [0, 0.1) is 58.3 Å². The summed E-state index contributed by atoms with van der Waals surface area (Å²) in [6.07, 6.45) is -0.280. The monoisotopic (exact) mass is 715 g/mol. The van der Waals surface area contributed by atoms with Crippen molar-refractivity contribution >= 4 is 11.8 Å². The maximum Gasteiger partial charge on any atom is 0.433 e. The Balaban J connectivity index is 0.000000206. The number of imidazole rings is 2. The Hall–Kier alpha value is -7.06. The second-order valence-corrected chi connectivity index (χ2v) is 11.8. The quantitative estimate of drug-likeness (QED) is 0.228. The van der Waals surface area contributed by atoms with Gasteiger partial charge in [-0.2, -0.15) is 13.2 Å². The Morgan fingerprint density at radius 3 is 1.55 bits per heavy atom. The molecule has 266 valence electrons. The Morgan fingerprint density at radius 2 is 1.13 bits per heavy atom. The van der Waals surface area contributed by atoms with Crippen LogP contribution < -0.4 is 11.5 Å². The van der Waals surface area contributed by atoms with Gasteiger partial charge in [0, 0.05) is 28.7 Å². The molecule has 0 aliphatic heterocycles. The molecule has 0 spiro atoms. The van der Waals surface area contributed by atoms with E-state index in [2.05, 4.69) is 48.6 Å². The highest BCUT2D eigenvalue weighted by molar-refractivity contribution is 5.91. The molecule has 0 atom stereocenters. The molecule has 6 rings (SSSR count). The number of nitrogens with zero attached hydrogens (tertiary/aromatic N) is 7. The van der Waals surface area contributed by atoms with Crippen molar-refractivity contribution in [2.75, 3.05) is 0 Å². The van der Waals surface area contributed by atoms with Crippen LogP contribution in [0.25, 0.3) is 11.4 Å². The highest BCUT2D eigenvalue weighted by Crippen LogP contribution is 2.27. The second kappa shape index (κ2) is 15.4. The van der Waals surface area contributed by atoms with Gasteiger partial charge in [-0.25, -0.2) is 9.97 Å². The highest BCUT2D eigenvalue weighted by atomic mass is 19.4. The number of aryl methyl sites for hydroxylation is 3. The fraction of sp³-hybridized carbons (Fsp3) is 0.154. The molecule has 0 bridgehead atoms. The third-order valence-electron chi connectivity index (χ3n) is 7.68. The topological polar surface area (TPSA) is 160 Å². The van der Waals surface area contributed by atoms with Gasteiger partial charge in [0.2, 0.25) is 11.6 Å². The van der Waals surface area contributed by atoms with Crippen LogP contribution >= 0.6 is 0 Å². The minimum Gasteiger partial charge on any atom is -0.363 e. The Kier molecular flexibility index (Phi) is 10.8. The summed E-state index contributed by atoms with van der Waals surface area (Å²) in [5.41, 5.74) is 17.0. The van der Waals surface area contributed by atoms with E-state index in [0.29, 0.717) is 17.1 Å². The molecule has 0 radical (unpaired) electrons. The smallest absolute Gasteiger partial charge is 0.363 e. The molecular weight excluding hydrogens is 683 g/mol. The fourth-order valence-electron chi connectivity index (χ4n) is 5.04. The van der Waals surface area contributed by atoms with Crippen molar-refractivity contribution < 1.29 is 22.8 Å². The summed E-state index contributed by atoms with van der Waals surface area (Å²) in [7, 11) is 0. The van der Waals surface area contributed by atoms with Gasteiger partial charge < -0.3 is 11.5 Å². The number of nitrogens with two attached hydrogens (primary N) is 2. The summed E-state index contributed by atoms with van der Waals surface area (Å²) < 4.78 is 41.5. The fourth-order valence-corrected chi connectivity index (χ4v) is 5.04. The van der Waals surface area contributed by atoms with Crippen LogP contribution in [-0.2, 0) is 6.18 Å². The molecule has 0 fully saturated rings. The van der Waals surface area contributed by atoms with E-state index in [9.17, 15) is 22.8 Å². The maximum absolute atomic E-state index is 12.8. The zero-order valence-corrected chi connectivity index (χ0v) is 29.2. The van der Waals surface area contributed by atoms with Crippen molar-refractivity contribution in [2.45, 2.75) is 40.8 Å². The molecule has 0 aliphatic carbocycles. The number of halogens is 3. The second-order valence-electron chi connectivity index (χ2n) is 11.8. The zero-order valence-electron chi connectivity index (χ0n) is 29.2. The van der Waals surface area contributed by atoms with E-state index in [1.54, 1.807) is 36.0 Å². The number of rotatable bonds is 4. The lowest BCUT2D eigenvalue weighted by Crippen LogP contribution is -2.18. The first-order valence-electron chi connectivity index (χ1n) is 15.9. The highest BCUT2D eigenvalue weighted by Gasteiger charge is 2.32. The summed E-state index contributed by atoms with van der Waals surface area (Å²) >= 11 is 0. The van der Waals surface area contributed by atoms with E-state index in [-0.39, 0.29) is 22.9 Å². The number of pyridine rings is 3. The van der Waals surface area contributed by atoms with Crippen molar-refractivity contribution in [1.29, 1.82) is 0 Å². The number of carbonyl (C=O) groups is 2. The molecule has 1 aromatic carbocycles. The van der Waals surface area contributed by atoms with Gasteiger partial charge in [0.25, 0.3) is 11.8 Å². The van der Waals surface area contributed by atoms with E-state index >= 15 is 0 Å². The molecule has 5 aromatic heterocycles. The van der Waals surface area contributed by atoms with Crippen LogP contribution in [0.15, 0.2) is 79.3 Å². The summed E-state index contributed by atoms with van der Waals surface area (Å²) in [4.78, 5) is 43.8. The summed E-state index contributed by atoms with van der Waals surface area (Å²) in [6.45, 7) is 9.27. The number of primary amides is 2. The molecule has 14 heteroatoms. The standard InChI is InChI=1S/C20H18N4O.C19H14F3N5O/c1-13-5-4-6-16(11-13)8-10-18-15(3)24(20(23-18)19(21)25)17-9-7-14(2)22-12-17;1-11-3-5-14(10-25-11)27-12(2)15(26-18(27)17(23)28)6-4-13-7-8-24-16(9-13)19(20,21)22/h4-7,9,11-12H,1-3H3,(H2,21,25);3,5,7-10H,1-2H3,(H2,23,28). The van der Waals surface area contributed by atoms with Gasteiger partial charge in [-0.05, 0) is 101 Å². The lowest BCUT2D eigenvalue weighted by Gasteiger charge is -2.07. The maximum atomic E-state index is 12.8. The molecule has 5 heterocycles. The summed E-state index contributed by atoms with van der Waals surface area (Å²) in [5, 5.41) is 0. The van der Waals surface area contributed by atoms with E-state index in [0.717, 1.165) is 46.2 Å². The number of amides is 2. The van der Waals surface area contributed by atoms with Gasteiger partial charge in [0.1, 0.15) is 17.1 Å². The summed E-state index contributed by atoms with van der Waals surface area (Å²) in [5.74, 6) is 10.2. The van der Waals surface area contributed by atoms with Crippen LogP contribution in [0.1, 0.15) is 77.8 Å². The minimum atomic E-state index is -4.56. The lowest BCUT2D eigenvalue weighted by molar-refractivity contribution is -0.141. The van der Waals surface area contributed by atoms with Crippen molar-refractivity contribution in [2.24, 2.45) is 11.5 Å². The summed E-state index contributed by atoms with van der Waals surface area (Å²) in [6, 6.07) is 17.4. The molecule has 0 aliphatic rings. The molecule has 0 saturated heterocycles. The normalized spacial score (nSPS) is 10.6. The number of hydrogen-bond donors (Lipinski definition) is 2. The van der Waals surface area contributed by atoms with Crippen LogP contribution in [-0.4, -0.2) is 45.9 Å². The van der Waals surface area contributed by atoms with Gasteiger partial charge in [0.15, 0.2) is 0 Å². The average Bonchev–Trinajstić information content (AvgIpc) is 3.63. The van der Waals surface area contributed by atoms with E-state index < -0.39 is 23.7 Å². The third-order valence-corrected chi connectivity index (χ3v) is 7.68. The van der Waals surface area contributed by atoms with E-state index in [4.69, 9.17) is 11.5 Å². The van der Waals surface area contributed by atoms with E-state index in [1.165, 1.54) is 10.6 Å².